The lowest BCUT2D eigenvalue weighted by atomic mass is 10.2. The van der Waals surface area contributed by atoms with Crippen LogP contribution >= 0.6 is 0 Å². The summed E-state index contributed by atoms with van der Waals surface area (Å²) in [6.07, 6.45) is -1.02. The van der Waals surface area contributed by atoms with Crippen LogP contribution in [0.1, 0.15) is 18.4 Å². The minimum absolute atomic E-state index is 0.0196. The van der Waals surface area contributed by atoms with Gasteiger partial charge in [-0.05, 0) is 24.1 Å². The van der Waals surface area contributed by atoms with E-state index in [0.29, 0.717) is 12.0 Å². The fourth-order valence-corrected chi connectivity index (χ4v) is 1.21. The van der Waals surface area contributed by atoms with Gasteiger partial charge in [-0.3, -0.25) is 4.79 Å². The van der Waals surface area contributed by atoms with Crippen LogP contribution in [0.15, 0.2) is 30.3 Å². The zero-order valence-electron chi connectivity index (χ0n) is 9.28. The zero-order valence-corrected chi connectivity index (χ0v) is 9.28. The molecule has 98 valence electrons. The molecule has 0 aliphatic heterocycles. The number of halogens is 3. The maximum absolute atomic E-state index is 11.9. The van der Waals surface area contributed by atoms with Gasteiger partial charge in [0, 0.05) is 6.42 Å². The third kappa shape index (κ3) is 5.93. The highest BCUT2D eigenvalue weighted by atomic mass is 19.4. The van der Waals surface area contributed by atoms with E-state index in [1.54, 1.807) is 12.2 Å². The lowest BCUT2D eigenvalue weighted by Crippen LogP contribution is -2.16. The SMILES string of the molecule is O=C(O)CCC=Cc1ccc(OC(F)(F)F)cc1. The molecular formula is C12H11F3O3. The highest BCUT2D eigenvalue weighted by Crippen LogP contribution is 2.22. The summed E-state index contributed by atoms with van der Waals surface area (Å²) in [7, 11) is 0. The monoisotopic (exact) mass is 260 g/mol. The summed E-state index contributed by atoms with van der Waals surface area (Å²) < 4.78 is 39.3. The first-order valence-electron chi connectivity index (χ1n) is 5.11. The second kappa shape index (κ2) is 6.09. The highest BCUT2D eigenvalue weighted by molar-refractivity contribution is 5.67. The fourth-order valence-electron chi connectivity index (χ4n) is 1.21. The summed E-state index contributed by atoms with van der Waals surface area (Å²) in [4.78, 5) is 10.2. The average Bonchev–Trinajstić information content (AvgIpc) is 2.24. The van der Waals surface area contributed by atoms with Crippen LogP contribution in [0, 0.1) is 0 Å². The third-order valence-corrected chi connectivity index (χ3v) is 1.95. The lowest BCUT2D eigenvalue weighted by Gasteiger charge is -2.08. The molecule has 6 heteroatoms. The van der Waals surface area contributed by atoms with Crippen molar-refractivity contribution in [1.82, 2.24) is 0 Å². The van der Waals surface area contributed by atoms with Gasteiger partial charge >= 0.3 is 12.3 Å². The van der Waals surface area contributed by atoms with Gasteiger partial charge in [-0.15, -0.1) is 13.2 Å². The number of allylic oxidation sites excluding steroid dienone is 1. The first-order valence-corrected chi connectivity index (χ1v) is 5.11. The topological polar surface area (TPSA) is 46.5 Å². The Labute approximate surface area is 101 Å². The lowest BCUT2D eigenvalue weighted by molar-refractivity contribution is -0.274. The summed E-state index contributed by atoms with van der Waals surface area (Å²) in [5.41, 5.74) is 0.676. The molecular weight excluding hydrogens is 249 g/mol. The minimum atomic E-state index is -4.70. The van der Waals surface area contributed by atoms with Crippen LogP contribution in [0.25, 0.3) is 6.08 Å². The molecule has 1 rings (SSSR count). The Morgan fingerprint density at radius 3 is 2.39 bits per heavy atom. The van der Waals surface area contributed by atoms with E-state index in [1.165, 1.54) is 24.3 Å². The Balaban J connectivity index is 2.52. The van der Waals surface area contributed by atoms with E-state index in [9.17, 15) is 18.0 Å². The van der Waals surface area contributed by atoms with Crippen molar-refractivity contribution in [2.24, 2.45) is 0 Å². The summed E-state index contributed by atoms with van der Waals surface area (Å²) in [6, 6.07) is 5.31. The van der Waals surface area contributed by atoms with Gasteiger partial charge in [0.15, 0.2) is 0 Å². The molecule has 1 N–H and O–H groups in total. The summed E-state index contributed by atoms with van der Waals surface area (Å²) in [6.45, 7) is 0. The van der Waals surface area contributed by atoms with E-state index in [2.05, 4.69) is 4.74 Å². The first kappa shape index (κ1) is 14.1. The molecule has 0 atom stereocenters. The molecule has 1 aromatic carbocycles. The van der Waals surface area contributed by atoms with Gasteiger partial charge in [-0.1, -0.05) is 24.3 Å². The molecule has 0 heterocycles. The molecule has 0 bridgehead atoms. The predicted molar refractivity (Wildman–Crippen MR) is 59.0 cm³/mol. The van der Waals surface area contributed by atoms with Crippen LogP contribution in [-0.4, -0.2) is 17.4 Å². The van der Waals surface area contributed by atoms with Crippen LogP contribution < -0.4 is 4.74 Å². The Kier molecular flexibility index (Phi) is 4.76. The third-order valence-electron chi connectivity index (χ3n) is 1.95. The molecule has 18 heavy (non-hydrogen) atoms. The predicted octanol–water partition coefficient (Wildman–Crippen LogP) is 3.46. The van der Waals surface area contributed by atoms with Crippen molar-refractivity contribution in [3.8, 4) is 5.75 Å². The number of hydrogen-bond acceptors (Lipinski definition) is 2. The summed E-state index contributed by atoms with van der Waals surface area (Å²) in [5, 5.41) is 8.40. The Morgan fingerprint density at radius 1 is 1.28 bits per heavy atom. The van der Waals surface area contributed by atoms with E-state index < -0.39 is 12.3 Å². The number of alkyl halides is 3. The quantitative estimate of drug-likeness (QED) is 0.881. The molecule has 0 radical (unpaired) electrons. The Bertz CT molecular complexity index is 421. The zero-order chi connectivity index (χ0) is 13.6. The highest BCUT2D eigenvalue weighted by Gasteiger charge is 2.30. The Hall–Kier alpha value is -1.98. The number of rotatable bonds is 5. The van der Waals surface area contributed by atoms with E-state index >= 15 is 0 Å². The maximum Gasteiger partial charge on any atom is 0.573 e. The van der Waals surface area contributed by atoms with Crippen LogP contribution in [0.3, 0.4) is 0 Å². The molecule has 3 nitrogen and oxygen atoms in total. The molecule has 0 saturated carbocycles. The van der Waals surface area contributed by atoms with Gasteiger partial charge in [0.05, 0.1) is 0 Å². The number of carboxylic acids is 1. The molecule has 0 unspecified atom stereocenters. The Morgan fingerprint density at radius 2 is 1.89 bits per heavy atom. The molecule has 0 aliphatic carbocycles. The van der Waals surface area contributed by atoms with E-state index in [1.807, 2.05) is 0 Å². The van der Waals surface area contributed by atoms with Crippen molar-refractivity contribution in [3.63, 3.8) is 0 Å². The molecule has 0 fully saturated rings. The van der Waals surface area contributed by atoms with Gasteiger partial charge in [0.1, 0.15) is 5.75 Å². The van der Waals surface area contributed by atoms with Crippen molar-refractivity contribution in [2.75, 3.05) is 0 Å². The average molecular weight is 260 g/mol. The van der Waals surface area contributed by atoms with E-state index in [0.717, 1.165) is 0 Å². The normalized spacial score (nSPS) is 11.7. The smallest absolute Gasteiger partial charge is 0.481 e. The minimum Gasteiger partial charge on any atom is -0.481 e. The standard InChI is InChI=1S/C12H11F3O3/c13-12(14,15)18-10-7-5-9(6-8-10)3-1-2-4-11(16)17/h1,3,5-8H,2,4H2,(H,16,17). The van der Waals surface area contributed by atoms with Crippen molar-refractivity contribution < 1.29 is 27.8 Å². The van der Waals surface area contributed by atoms with Crippen LogP contribution in [-0.2, 0) is 4.79 Å². The number of benzene rings is 1. The molecule has 0 amide bonds. The number of aliphatic carboxylic acids is 1. The van der Waals surface area contributed by atoms with Crippen LogP contribution in [0.2, 0.25) is 0 Å². The number of carbonyl (C=O) groups is 1. The van der Waals surface area contributed by atoms with Gasteiger partial charge in [0.25, 0.3) is 0 Å². The summed E-state index contributed by atoms with van der Waals surface area (Å²) >= 11 is 0. The fraction of sp³-hybridized carbons (Fsp3) is 0.250. The van der Waals surface area contributed by atoms with E-state index in [4.69, 9.17) is 5.11 Å². The van der Waals surface area contributed by atoms with Crippen LogP contribution in [0.5, 0.6) is 5.75 Å². The molecule has 0 aliphatic rings. The number of carboxylic acid groups (broad SMARTS) is 1. The second-order valence-electron chi connectivity index (χ2n) is 3.45. The van der Waals surface area contributed by atoms with E-state index in [-0.39, 0.29) is 12.2 Å². The van der Waals surface area contributed by atoms with Gasteiger partial charge in [-0.2, -0.15) is 0 Å². The maximum atomic E-state index is 11.9. The number of ether oxygens (including phenoxy) is 1. The molecule has 0 spiro atoms. The molecule has 0 saturated heterocycles. The first-order chi connectivity index (χ1) is 8.37. The van der Waals surface area contributed by atoms with Crippen molar-refractivity contribution in [1.29, 1.82) is 0 Å². The van der Waals surface area contributed by atoms with Gasteiger partial charge in [-0.25, -0.2) is 0 Å². The van der Waals surface area contributed by atoms with Crippen molar-refractivity contribution >= 4 is 12.0 Å². The largest absolute Gasteiger partial charge is 0.573 e. The molecule has 0 aromatic heterocycles. The van der Waals surface area contributed by atoms with Gasteiger partial charge in [0.2, 0.25) is 0 Å². The van der Waals surface area contributed by atoms with Crippen LogP contribution in [0.4, 0.5) is 13.2 Å². The number of hydrogen-bond donors (Lipinski definition) is 1. The second-order valence-corrected chi connectivity index (χ2v) is 3.45. The van der Waals surface area contributed by atoms with Crippen molar-refractivity contribution in [3.05, 3.63) is 35.9 Å². The molecule has 1 aromatic rings. The summed E-state index contributed by atoms with van der Waals surface area (Å²) in [5.74, 6) is -1.18. The van der Waals surface area contributed by atoms with Crippen molar-refractivity contribution in [2.45, 2.75) is 19.2 Å². The van der Waals surface area contributed by atoms with Gasteiger partial charge < -0.3 is 9.84 Å².